The maximum Gasteiger partial charge on any atom is 0.220 e. The second kappa shape index (κ2) is 53.0. The molecule has 1 amide bonds. The van der Waals surface area contributed by atoms with Crippen molar-refractivity contribution >= 4 is 5.91 Å². The van der Waals surface area contributed by atoms with E-state index in [4.69, 9.17) is 18.9 Å². The Labute approximate surface area is 498 Å². The summed E-state index contributed by atoms with van der Waals surface area (Å²) in [6.07, 6.45) is 52.3. The predicted molar refractivity (Wildman–Crippen MR) is 332 cm³/mol. The molecule has 0 aromatic carbocycles. The molecule has 2 aliphatic rings. The predicted octanol–water partition coefficient (Wildman–Crippen LogP) is 12.9. The Balaban J connectivity index is 1.70. The minimum atomic E-state index is -1.79. The molecule has 2 aliphatic heterocycles. The minimum Gasteiger partial charge on any atom is -0.394 e. The van der Waals surface area contributed by atoms with E-state index in [1.54, 1.807) is 0 Å². The van der Waals surface area contributed by atoms with Crippen molar-refractivity contribution in [3.63, 3.8) is 0 Å². The fourth-order valence-electron chi connectivity index (χ4n) is 10.9. The van der Waals surface area contributed by atoms with Gasteiger partial charge in [0.15, 0.2) is 12.6 Å². The van der Waals surface area contributed by atoms with Gasteiger partial charge in [-0.3, -0.25) is 4.79 Å². The van der Waals surface area contributed by atoms with Gasteiger partial charge in [-0.2, -0.15) is 0 Å². The Morgan fingerprint density at radius 2 is 0.841 bits per heavy atom. The second-order valence-corrected chi connectivity index (χ2v) is 23.6. The monoisotopic (exact) mass is 1160 g/mol. The molecular weight excluding hydrogens is 1040 g/mol. The van der Waals surface area contributed by atoms with E-state index in [0.29, 0.717) is 12.8 Å². The fraction of sp³-hybridized carbons (Fsp3) is 0.838. The molecule has 0 aliphatic carbocycles. The van der Waals surface area contributed by atoms with E-state index in [1.165, 1.54) is 148 Å². The van der Waals surface area contributed by atoms with E-state index >= 15 is 0 Å². The van der Waals surface area contributed by atoms with Gasteiger partial charge in [-0.15, -0.1) is 0 Å². The zero-order chi connectivity index (χ0) is 59.5. The molecule has 0 bridgehead atoms. The maximum absolute atomic E-state index is 13.3. The lowest BCUT2D eigenvalue weighted by Gasteiger charge is -2.46. The number of carbonyl (C=O) groups is 1. The summed E-state index contributed by atoms with van der Waals surface area (Å²) in [6, 6.07) is -0.844. The zero-order valence-electron chi connectivity index (χ0n) is 51.7. The SMILES string of the molecule is CC/C=C\C/C=C\C/C=C\C/C=C\C/C=C\CCCCCCCC(=O)NC(COC1OC(CO)C(OC2OC(CO)C(O)C(O)C2O)C(O)C1O)C(O)CCCCCCCCCCCCCCCCCCCCCCCCCCCCC. The number of aliphatic hydroxyl groups excluding tert-OH is 8. The summed E-state index contributed by atoms with van der Waals surface area (Å²) in [5.74, 6) is -0.224. The van der Waals surface area contributed by atoms with Crippen molar-refractivity contribution < 1.29 is 64.6 Å². The number of amides is 1. The molecule has 0 spiro atoms. The van der Waals surface area contributed by atoms with Gasteiger partial charge in [-0.1, -0.05) is 267 Å². The van der Waals surface area contributed by atoms with Crippen LogP contribution in [0, 0.1) is 0 Å². The molecule has 478 valence electrons. The van der Waals surface area contributed by atoms with Crippen LogP contribution in [-0.2, 0) is 23.7 Å². The van der Waals surface area contributed by atoms with Gasteiger partial charge < -0.3 is 65.1 Å². The molecule has 2 fully saturated rings. The number of carbonyl (C=O) groups excluding carboxylic acids is 1. The largest absolute Gasteiger partial charge is 0.394 e. The number of hydrogen-bond donors (Lipinski definition) is 9. The molecule has 14 heteroatoms. The first kappa shape index (κ1) is 75.8. The first-order chi connectivity index (χ1) is 40.1. The van der Waals surface area contributed by atoms with Crippen LogP contribution in [0.1, 0.15) is 271 Å². The van der Waals surface area contributed by atoms with Crippen LogP contribution >= 0.6 is 0 Å². The molecule has 12 unspecified atom stereocenters. The molecule has 14 nitrogen and oxygen atoms in total. The summed E-state index contributed by atoms with van der Waals surface area (Å²) in [4.78, 5) is 13.3. The molecule has 0 aromatic heterocycles. The topological polar surface area (TPSA) is 228 Å². The van der Waals surface area contributed by atoms with Crippen LogP contribution in [0.4, 0.5) is 0 Å². The number of allylic oxidation sites excluding steroid dienone is 10. The molecule has 2 heterocycles. The minimum absolute atomic E-state index is 0.224. The van der Waals surface area contributed by atoms with Gasteiger partial charge in [-0.05, 0) is 57.8 Å². The highest BCUT2D eigenvalue weighted by molar-refractivity contribution is 5.76. The Bertz CT molecular complexity index is 1610. The van der Waals surface area contributed by atoms with E-state index < -0.39 is 86.8 Å². The molecular formula is C68H123NO13. The van der Waals surface area contributed by atoms with Crippen molar-refractivity contribution in [2.24, 2.45) is 0 Å². The van der Waals surface area contributed by atoms with Gasteiger partial charge in [0.2, 0.25) is 5.91 Å². The third-order valence-electron chi connectivity index (χ3n) is 16.2. The fourth-order valence-corrected chi connectivity index (χ4v) is 10.9. The van der Waals surface area contributed by atoms with E-state index in [2.05, 4.69) is 79.9 Å². The lowest BCUT2D eigenvalue weighted by atomic mass is 9.97. The molecule has 9 N–H and O–H groups in total. The summed E-state index contributed by atoms with van der Waals surface area (Å²) in [5, 5.41) is 87.5. The van der Waals surface area contributed by atoms with Gasteiger partial charge in [0, 0.05) is 6.42 Å². The highest BCUT2D eigenvalue weighted by atomic mass is 16.7. The van der Waals surface area contributed by atoms with E-state index in [1.807, 2.05) is 0 Å². The molecule has 82 heavy (non-hydrogen) atoms. The van der Waals surface area contributed by atoms with Crippen molar-refractivity contribution in [3.05, 3.63) is 60.8 Å². The molecule has 0 aromatic rings. The van der Waals surface area contributed by atoms with Crippen LogP contribution in [0.2, 0.25) is 0 Å². The standard InChI is InChI=1S/C68H123NO13/c1-3-5-7-9-11-13-15-17-19-21-23-25-26-27-28-29-30-32-33-35-37-39-41-43-45-47-49-51-57(72)56(55-79-67-65(78)63(76)66(59(54-71)81-67)82-68-64(77)62(75)61(74)58(53-70)80-68)69-60(73)52-50-48-46-44-42-40-38-36-34-31-24-22-20-18-16-14-12-10-8-6-4-2/h6,8,12,14,18,20,24,31,36,38,56-59,61-68,70-72,74-78H,3-5,7,9-11,13,15-17,19,21-23,25-30,32-35,37,39-55H2,1-2H3,(H,69,73)/b8-6-,14-12-,20-18-,31-24-,38-36-. The first-order valence-corrected chi connectivity index (χ1v) is 33.5. The highest BCUT2D eigenvalue weighted by Crippen LogP contribution is 2.30. The van der Waals surface area contributed by atoms with Crippen LogP contribution < -0.4 is 5.32 Å². The van der Waals surface area contributed by atoms with Gasteiger partial charge in [0.05, 0.1) is 32.0 Å². The van der Waals surface area contributed by atoms with Crippen molar-refractivity contribution in [3.8, 4) is 0 Å². The number of rotatable bonds is 54. The second-order valence-electron chi connectivity index (χ2n) is 23.6. The summed E-state index contributed by atoms with van der Waals surface area (Å²) in [5.41, 5.74) is 0. The summed E-state index contributed by atoms with van der Waals surface area (Å²) in [6.45, 7) is 2.76. The molecule has 0 saturated carbocycles. The average Bonchev–Trinajstić information content (AvgIpc) is 3.66. The third-order valence-corrected chi connectivity index (χ3v) is 16.2. The summed E-state index contributed by atoms with van der Waals surface area (Å²) in [7, 11) is 0. The third kappa shape index (κ3) is 37.3. The first-order valence-electron chi connectivity index (χ1n) is 33.5. The van der Waals surface area contributed by atoms with Gasteiger partial charge >= 0.3 is 0 Å². The quantitative estimate of drug-likeness (QED) is 0.0204. The van der Waals surface area contributed by atoms with E-state index in [0.717, 1.165) is 89.9 Å². The normalized spacial score (nSPS) is 24.3. The average molecular weight is 1160 g/mol. The van der Waals surface area contributed by atoms with Gasteiger partial charge in [0.25, 0.3) is 0 Å². The summed E-state index contributed by atoms with van der Waals surface area (Å²) >= 11 is 0. The molecule has 2 rings (SSSR count). The number of aliphatic hydroxyl groups is 8. The van der Waals surface area contributed by atoms with Crippen LogP contribution in [0.3, 0.4) is 0 Å². The Kier molecular flexibility index (Phi) is 49.0. The van der Waals surface area contributed by atoms with Crippen molar-refractivity contribution in [1.82, 2.24) is 5.32 Å². The smallest absolute Gasteiger partial charge is 0.220 e. The zero-order valence-corrected chi connectivity index (χ0v) is 51.7. The number of hydrogen-bond acceptors (Lipinski definition) is 13. The van der Waals surface area contributed by atoms with Gasteiger partial charge in [0.1, 0.15) is 48.8 Å². The number of unbranched alkanes of at least 4 members (excludes halogenated alkanes) is 31. The Hall–Kier alpha value is -2.31. The van der Waals surface area contributed by atoms with Crippen LogP contribution in [0.5, 0.6) is 0 Å². The lowest BCUT2D eigenvalue weighted by Crippen LogP contribution is -2.65. The van der Waals surface area contributed by atoms with E-state index in [9.17, 15) is 45.6 Å². The van der Waals surface area contributed by atoms with Crippen molar-refractivity contribution in [1.29, 1.82) is 0 Å². The van der Waals surface area contributed by atoms with E-state index in [-0.39, 0.29) is 18.9 Å². The van der Waals surface area contributed by atoms with Crippen LogP contribution in [-0.4, -0.2) is 140 Å². The number of nitrogens with one attached hydrogen (secondary N) is 1. The van der Waals surface area contributed by atoms with Crippen LogP contribution in [0.25, 0.3) is 0 Å². The maximum atomic E-state index is 13.3. The summed E-state index contributed by atoms with van der Waals surface area (Å²) < 4.78 is 22.9. The Morgan fingerprint density at radius 3 is 1.29 bits per heavy atom. The van der Waals surface area contributed by atoms with Crippen molar-refractivity contribution in [2.45, 2.75) is 344 Å². The highest BCUT2D eigenvalue weighted by Gasteiger charge is 2.51. The van der Waals surface area contributed by atoms with Crippen LogP contribution in [0.15, 0.2) is 60.8 Å². The molecule has 2 saturated heterocycles. The molecule has 12 atom stereocenters. The van der Waals surface area contributed by atoms with Gasteiger partial charge in [-0.25, -0.2) is 0 Å². The number of ether oxygens (including phenoxy) is 4. The lowest BCUT2D eigenvalue weighted by molar-refractivity contribution is -0.359. The van der Waals surface area contributed by atoms with Crippen molar-refractivity contribution in [2.75, 3.05) is 19.8 Å². The molecule has 0 radical (unpaired) electrons. The Morgan fingerprint density at radius 1 is 0.451 bits per heavy atom.